The molecular weight excluding hydrogens is 423 g/mol. The zero-order valence-electron chi connectivity index (χ0n) is 15.3. The molecule has 1 aromatic carbocycles. The summed E-state index contributed by atoms with van der Waals surface area (Å²) in [5.74, 6) is 0.0969. The molecular formula is C17H19FN4O5S2. The molecule has 1 N–H and O–H groups in total. The Morgan fingerprint density at radius 1 is 1.41 bits per heavy atom. The number of rotatable bonds is 9. The third-order valence-corrected chi connectivity index (χ3v) is 6.16. The number of amides is 1. The number of para-hydroxylation sites is 1. The number of thioether (sulfide) groups is 1. The number of sulfonamides is 1. The molecule has 0 radical (unpaired) electrons. The van der Waals surface area contributed by atoms with Gasteiger partial charge >= 0.3 is 11.7 Å². The first-order valence-electron chi connectivity index (χ1n) is 8.69. The monoisotopic (exact) mass is 442 g/mol. The van der Waals surface area contributed by atoms with Crippen LogP contribution in [0.25, 0.3) is 0 Å². The standard InChI is InChI=1S/C17H19FN4O5S2/c1-2-10-27-13-5-3-4-6-14(13)29(25,26)20-15(23)22-17(24)21(12-7-8-12)16(19-22)28-11-9-18/h2-6,12H,1,7-11H2,(H,20,23). The SMILES string of the molecule is C=CCOc1ccccc1S(=O)(=O)NC(=O)n1nc(SCCF)n(C2CC2)c1=O. The van der Waals surface area contributed by atoms with E-state index in [1.54, 1.807) is 6.07 Å². The summed E-state index contributed by atoms with van der Waals surface area (Å²) in [7, 11) is -4.35. The third kappa shape index (κ3) is 4.70. The van der Waals surface area contributed by atoms with E-state index in [-0.39, 0.29) is 34.2 Å². The lowest BCUT2D eigenvalue weighted by atomic mass is 10.3. The fourth-order valence-corrected chi connectivity index (χ4v) is 4.36. The van der Waals surface area contributed by atoms with Gasteiger partial charge in [0.2, 0.25) is 0 Å². The highest BCUT2D eigenvalue weighted by atomic mass is 32.2. The molecule has 1 aliphatic rings. The molecule has 12 heteroatoms. The van der Waals surface area contributed by atoms with Gasteiger partial charge in [-0.25, -0.2) is 22.7 Å². The topological polar surface area (TPSA) is 112 Å². The van der Waals surface area contributed by atoms with E-state index < -0.39 is 28.4 Å². The van der Waals surface area contributed by atoms with Crippen molar-refractivity contribution in [2.45, 2.75) is 28.9 Å². The summed E-state index contributed by atoms with van der Waals surface area (Å²) in [6, 6.07) is 4.41. The Bertz CT molecular complexity index is 1080. The molecule has 0 spiro atoms. The number of halogens is 1. The van der Waals surface area contributed by atoms with Crippen LogP contribution in [-0.2, 0) is 10.0 Å². The minimum Gasteiger partial charge on any atom is -0.488 e. The van der Waals surface area contributed by atoms with Gasteiger partial charge in [-0.3, -0.25) is 8.96 Å². The summed E-state index contributed by atoms with van der Waals surface area (Å²) in [5.41, 5.74) is -0.766. The van der Waals surface area contributed by atoms with Crippen molar-refractivity contribution in [1.82, 2.24) is 19.1 Å². The molecule has 0 unspecified atom stereocenters. The number of alkyl halides is 1. The number of ether oxygens (including phenoxy) is 1. The molecule has 3 rings (SSSR count). The first-order valence-corrected chi connectivity index (χ1v) is 11.2. The van der Waals surface area contributed by atoms with Crippen molar-refractivity contribution in [3.63, 3.8) is 0 Å². The van der Waals surface area contributed by atoms with E-state index in [0.717, 1.165) is 24.6 Å². The van der Waals surface area contributed by atoms with E-state index in [1.807, 2.05) is 4.72 Å². The Labute approximate surface area is 170 Å². The molecule has 156 valence electrons. The Kier molecular flexibility index (Phi) is 6.42. The second kappa shape index (κ2) is 8.82. The number of nitrogens with zero attached hydrogens (tertiary/aromatic N) is 3. The summed E-state index contributed by atoms with van der Waals surface area (Å²) in [4.78, 5) is 24.8. The first kappa shape index (κ1) is 21.1. The van der Waals surface area contributed by atoms with Gasteiger partial charge < -0.3 is 4.74 Å². The van der Waals surface area contributed by atoms with Gasteiger partial charge in [0.1, 0.15) is 17.3 Å². The van der Waals surface area contributed by atoms with Crippen molar-refractivity contribution in [3.8, 4) is 5.75 Å². The number of hydrogen-bond acceptors (Lipinski definition) is 7. The second-order valence-electron chi connectivity index (χ2n) is 6.07. The summed E-state index contributed by atoms with van der Waals surface area (Å²) in [6.45, 7) is 2.94. The Morgan fingerprint density at radius 3 is 2.79 bits per heavy atom. The van der Waals surface area contributed by atoms with Crippen LogP contribution in [0.4, 0.5) is 9.18 Å². The number of hydrogen-bond donors (Lipinski definition) is 1. The Balaban J connectivity index is 1.88. The smallest absolute Gasteiger partial charge is 0.360 e. The summed E-state index contributed by atoms with van der Waals surface area (Å²) >= 11 is 0.991. The number of nitrogens with one attached hydrogen (secondary N) is 1. The third-order valence-electron chi connectivity index (χ3n) is 3.91. The zero-order chi connectivity index (χ0) is 21.0. The number of aromatic nitrogens is 3. The van der Waals surface area contributed by atoms with Crippen LogP contribution in [-0.4, -0.2) is 47.8 Å². The predicted molar refractivity (Wildman–Crippen MR) is 105 cm³/mol. The molecule has 1 fully saturated rings. The lowest BCUT2D eigenvalue weighted by molar-refractivity contribution is 0.243. The van der Waals surface area contributed by atoms with Crippen molar-refractivity contribution in [1.29, 1.82) is 0 Å². The van der Waals surface area contributed by atoms with Crippen LogP contribution >= 0.6 is 11.8 Å². The highest BCUT2D eigenvalue weighted by Gasteiger charge is 2.32. The molecule has 0 aliphatic heterocycles. The molecule has 1 aliphatic carbocycles. The van der Waals surface area contributed by atoms with Gasteiger partial charge in [0.05, 0.1) is 6.67 Å². The molecule has 9 nitrogen and oxygen atoms in total. The molecule has 2 aromatic rings. The lowest BCUT2D eigenvalue weighted by Crippen LogP contribution is -2.40. The summed E-state index contributed by atoms with van der Waals surface area (Å²) < 4.78 is 46.8. The molecule has 1 saturated carbocycles. The zero-order valence-corrected chi connectivity index (χ0v) is 16.9. The first-order chi connectivity index (χ1) is 13.9. The van der Waals surface area contributed by atoms with E-state index >= 15 is 0 Å². The minimum atomic E-state index is -4.35. The van der Waals surface area contributed by atoms with Gasteiger partial charge in [-0.05, 0) is 25.0 Å². The minimum absolute atomic E-state index is 0.0303. The van der Waals surface area contributed by atoms with Crippen LogP contribution in [0, 0.1) is 0 Å². The molecule has 1 aromatic heterocycles. The van der Waals surface area contributed by atoms with E-state index in [1.165, 1.54) is 28.8 Å². The van der Waals surface area contributed by atoms with Crippen LogP contribution in [0.5, 0.6) is 5.75 Å². The van der Waals surface area contributed by atoms with Crippen molar-refractivity contribution < 1.29 is 22.3 Å². The maximum atomic E-state index is 12.7. The van der Waals surface area contributed by atoms with Gasteiger partial charge in [0.15, 0.2) is 5.16 Å². The normalized spacial score (nSPS) is 13.8. The molecule has 0 saturated heterocycles. The van der Waals surface area contributed by atoms with E-state index in [0.29, 0.717) is 4.68 Å². The quantitative estimate of drug-likeness (QED) is 0.467. The van der Waals surface area contributed by atoms with Crippen molar-refractivity contribution in [2.75, 3.05) is 19.0 Å². The number of carbonyl (C=O) groups is 1. The van der Waals surface area contributed by atoms with E-state index in [4.69, 9.17) is 4.74 Å². The van der Waals surface area contributed by atoms with Gasteiger partial charge in [-0.15, -0.1) is 9.78 Å². The van der Waals surface area contributed by atoms with Gasteiger partial charge in [-0.1, -0.05) is 36.5 Å². The second-order valence-corrected chi connectivity index (χ2v) is 8.79. The van der Waals surface area contributed by atoms with Crippen LogP contribution in [0.3, 0.4) is 0 Å². The fraction of sp³-hybridized carbons (Fsp3) is 0.353. The lowest BCUT2D eigenvalue weighted by Gasteiger charge is -2.11. The number of carbonyl (C=O) groups excluding carboxylic acids is 1. The molecule has 0 bridgehead atoms. The van der Waals surface area contributed by atoms with Crippen LogP contribution in [0.1, 0.15) is 18.9 Å². The number of benzene rings is 1. The van der Waals surface area contributed by atoms with Gasteiger partial charge in [0, 0.05) is 11.8 Å². The molecule has 1 heterocycles. The highest BCUT2D eigenvalue weighted by molar-refractivity contribution is 7.99. The Hall–Kier alpha value is -2.60. The average molecular weight is 442 g/mol. The summed E-state index contributed by atoms with van der Waals surface area (Å²) in [5, 5.41) is 4.08. The fourth-order valence-electron chi connectivity index (χ4n) is 2.52. The van der Waals surface area contributed by atoms with Crippen LogP contribution in [0.15, 0.2) is 51.8 Å². The van der Waals surface area contributed by atoms with Crippen molar-refractivity contribution in [2.24, 2.45) is 0 Å². The van der Waals surface area contributed by atoms with Gasteiger partial charge in [-0.2, -0.15) is 0 Å². The average Bonchev–Trinajstić information content (AvgIpc) is 3.47. The maximum absolute atomic E-state index is 12.7. The molecule has 0 atom stereocenters. The van der Waals surface area contributed by atoms with E-state index in [9.17, 15) is 22.4 Å². The molecule has 29 heavy (non-hydrogen) atoms. The van der Waals surface area contributed by atoms with Crippen LogP contribution < -0.4 is 15.1 Å². The van der Waals surface area contributed by atoms with E-state index in [2.05, 4.69) is 11.7 Å². The molecule has 1 amide bonds. The largest absolute Gasteiger partial charge is 0.488 e. The maximum Gasteiger partial charge on any atom is 0.360 e. The van der Waals surface area contributed by atoms with Crippen molar-refractivity contribution >= 4 is 27.8 Å². The predicted octanol–water partition coefficient (Wildman–Crippen LogP) is 1.95. The van der Waals surface area contributed by atoms with Gasteiger partial charge in [0.25, 0.3) is 10.0 Å². The summed E-state index contributed by atoms with van der Waals surface area (Å²) in [6.07, 6.45) is 2.92. The van der Waals surface area contributed by atoms with Crippen LogP contribution in [0.2, 0.25) is 0 Å². The Morgan fingerprint density at radius 2 is 2.14 bits per heavy atom. The van der Waals surface area contributed by atoms with Crippen molar-refractivity contribution in [3.05, 3.63) is 47.4 Å². The highest BCUT2D eigenvalue weighted by Crippen LogP contribution is 2.36.